The molecule has 3 N–H and O–H groups in total. The molecular weight excluding hydrogens is 254 g/mol. The Bertz CT molecular complexity index is 402. The molecule has 6 nitrogen and oxygen atoms in total. The van der Waals surface area contributed by atoms with Crippen molar-refractivity contribution in [2.45, 2.75) is 18.8 Å². The van der Waals surface area contributed by atoms with Crippen LogP contribution in [0.2, 0.25) is 0 Å². The molecule has 1 saturated heterocycles. The molecule has 0 aromatic carbocycles. The lowest BCUT2D eigenvalue weighted by Gasteiger charge is -2.29. The van der Waals surface area contributed by atoms with Crippen LogP contribution in [0.25, 0.3) is 0 Å². The first-order valence-electron chi connectivity index (χ1n) is 5.99. The van der Waals surface area contributed by atoms with Gasteiger partial charge in [0, 0.05) is 30.7 Å². The average molecular weight is 271 g/mol. The number of likely N-dealkylation sites (tertiary alicyclic amines) is 1. The Kier molecular flexibility index (Phi) is 4.38. The van der Waals surface area contributed by atoms with Gasteiger partial charge in [0.15, 0.2) is 5.13 Å². The number of aromatic nitrogens is 1. The van der Waals surface area contributed by atoms with Gasteiger partial charge in [-0.1, -0.05) is 0 Å². The van der Waals surface area contributed by atoms with Crippen molar-refractivity contribution in [1.82, 2.24) is 9.88 Å². The summed E-state index contributed by atoms with van der Waals surface area (Å²) in [6, 6.07) is 0. The number of piperidine rings is 1. The molecule has 1 aliphatic heterocycles. The van der Waals surface area contributed by atoms with Crippen LogP contribution in [0.15, 0.2) is 6.20 Å². The van der Waals surface area contributed by atoms with Gasteiger partial charge in [0.1, 0.15) is 0 Å². The molecule has 0 spiro atoms. The molecule has 0 saturated carbocycles. The number of aliphatic hydroxyl groups is 1. The van der Waals surface area contributed by atoms with Gasteiger partial charge in [-0.3, -0.25) is 0 Å². The number of hydrogen-bond acceptors (Lipinski definition) is 5. The zero-order chi connectivity index (χ0) is 13.0. The first-order valence-corrected chi connectivity index (χ1v) is 6.80. The van der Waals surface area contributed by atoms with Crippen LogP contribution in [0.5, 0.6) is 0 Å². The van der Waals surface area contributed by atoms with Gasteiger partial charge in [-0.2, -0.15) is 0 Å². The van der Waals surface area contributed by atoms with Crippen molar-refractivity contribution in [3.05, 3.63) is 11.1 Å². The first kappa shape index (κ1) is 13.1. The highest BCUT2D eigenvalue weighted by molar-refractivity contribution is 7.15. The van der Waals surface area contributed by atoms with E-state index in [4.69, 9.17) is 10.2 Å². The molecule has 0 aliphatic carbocycles. The van der Waals surface area contributed by atoms with Gasteiger partial charge in [0.25, 0.3) is 0 Å². The highest BCUT2D eigenvalue weighted by atomic mass is 32.1. The lowest BCUT2D eigenvalue weighted by molar-refractivity contribution is 0.132. The number of thiazole rings is 1. The van der Waals surface area contributed by atoms with E-state index in [9.17, 15) is 4.79 Å². The van der Waals surface area contributed by atoms with Gasteiger partial charge in [0.2, 0.25) is 0 Å². The fraction of sp³-hybridized carbons (Fsp3) is 0.636. The van der Waals surface area contributed by atoms with Crippen LogP contribution >= 0.6 is 11.3 Å². The highest BCUT2D eigenvalue weighted by Crippen LogP contribution is 2.33. The fourth-order valence-electron chi connectivity index (χ4n) is 2.08. The summed E-state index contributed by atoms with van der Waals surface area (Å²) in [5.41, 5.74) is 0. The third-order valence-corrected chi connectivity index (χ3v) is 4.20. The molecule has 0 bridgehead atoms. The SMILES string of the molecule is O=C(O)N1CCC(c2cnc(NCCO)s2)CC1. The maximum atomic E-state index is 10.8. The van der Waals surface area contributed by atoms with Gasteiger partial charge in [0.05, 0.1) is 6.61 Å². The summed E-state index contributed by atoms with van der Waals surface area (Å²) in [5, 5.41) is 21.4. The van der Waals surface area contributed by atoms with E-state index in [0.717, 1.165) is 18.0 Å². The molecule has 1 aromatic heterocycles. The predicted molar refractivity (Wildman–Crippen MR) is 69.3 cm³/mol. The number of nitrogens with one attached hydrogen (secondary N) is 1. The monoisotopic (exact) mass is 271 g/mol. The molecule has 100 valence electrons. The zero-order valence-corrected chi connectivity index (χ0v) is 10.8. The minimum atomic E-state index is -0.831. The summed E-state index contributed by atoms with van der Waals surface area (Å²) >= 11 is 1.59. The molecule has 7 heteroatoms. The fourth-order valence-corrected chi connectivity index (χ4v) is 3.09. The zero-order valence-electron chi connectivity index (χ0n) is 10.0. The Morgan fingerprint density at radius 3 is 2.89 bits per heavy atom. The van der Waals surface area contributed by atoms with Crippen LogP contribution in [-0.4, -0.2) is 52.4 Å². The second-order valence-corrected chi connectivity index (χ2v) is 5.32. The number of nitrogens with zero attached hydrogens (tertiary/aromatic N) is 2. The Balaban J connectivity index is 1.89. The van der Waals surface area contributed by atoms with E-state index >= 15 is 0 Å². The third-order valence-electron chi connectivity index (χ3n) is 3.08. The molecule has 1 aliphatic rings. The Hall–Kier alpha value is -1.34. The first-order chi connectivity index (χ1) is 8.70. The lowest BCUT2D eigenvalue weighted by atomic mass is 9.96. The minimum absolute atomic E-state index is 0.0892. The molecule has 1 fully saturated rings. The van der Waals surface area contributed by atoms with Crippen LogP contribution in [0, 0.1) is 0 Å². The molecule has 0 radical (unpaired) electrons. The van der Waals surface area contributed by atoms with Crippen LogP contribution in [0.3, 0.4) is 0 Å². The van der Waals surface area contributed by atoms with E-state index in [0.29, 0.717) is 25.6 Å². The number of amides is 1. The number of carboxylic acid groups (broad SMARTS) is 1. The summed E-state index contributed by atoms with van der Waals surface area (Å²) in [5.74, 6) is 0.405. The average Bonchev–Trinajstić information content (AvgIpc) is 2.85. The summed E-state index contributed by atoms with van der Waals surface area (Å²) < 4.78 is 0. The number of rotatable bonds is 4. The molecule has 2 rings (SSSR count). The van der Waals surface area contributed by atoms with Gasteiger partial charge >= 0.3 is 6.09 Å². The molecule has 1 amide bonds. The Morgan fingerprint density at radius 1 is 1.56 bits per heavy atom. The largest absolute Gasteiger partial charge is 0.465 e. The quantitative estimate of drug-likeness (QED) is 0.771. The van der Waals surface area contributed by atoms with E-state index in [1.807, 2.05) is 6.20 Å². The smallest absolute Gasteiger partial charge is 0.407 e. The van der Waals surface area contributed by atoms with Crippen molar-refractivity contribution < 1.29 is 15.0 Å². The number of carbonyl (C=O) groups is 1. The lowest BCUT2D eigenvalue weighted by Crippen LogP contribution is -2.36. The highest BCUT2D eigenvalue weighted by Gasteiger charge is 2.24. The van der Waals surface area contributed by atoms with Crippen LogP contribution in [-0.2, 0) is 0 Å². The van der Waals surface area contributed by atoms with Crippen LogP contribution in [0.1, 0.15) is 23.6 Å². The van der Waals surface area contributed by atoms with Crippen molar-refractivity contribution in [2.75, 3.05) is 31.6 Å². The second-order valence-electron chi connectivity index (χ2n) is 4.26. The van der Waals surface area contributed by atoms with Gasteiger partial charge in [-0.15, -0.1) is 11.3 Å². The topological polar surface area (TPSA) is 85.7 Å². The Morgan fingerprint density at radius 2 is 2.28 bits per heavy atom. The van der Waals surface area contributed by atoms with Gasteiger partial charge < -0.3 is 20.4 Å². The second kappa shape index (κ2) is 6.01. The summed E-state index contributed by atoms with van der Waals surface area (Å²) in [7, 11) is 0. The minimum Gasteiger partial charge on any atom is -0.465 e. The molecule has 0 atom stereocenters. The normalized spacial score (nSPS) is 16.8. The van der Waals surface area contributed by atoms with Crippen molar-refractivity contribution in [1.29, 1.82) is 0 Å². The summed E-state index contributed by atoms with van der Waals surface area (Å²) in [4.78, 5) is 17.7. The maximum Gasteiger partial charge on any atom is 0.407 e. The molecule has 18 heavy (non-hydrogen) atoms. The number of aliphatic hydroxyl groups excluding tert-OH is 1. The summed E-state index contributed by atoms with van der Waals surface area (Å²) in [6.07, 6.45) is 2.73. The van der Waals surface area contributed by atoms with Gasteiger partial charge in [-0.25, -0.2) is 9.78 Å². The van der Waals surface area contributed by atoms with Crippen LogP contribution < -0.4 is 5.32 Å². The third kappa shape index (κ3) is 3.11. The van der Waals surface area contributed by atoms with Crippen molar-refractivity contribution in [3.63, 3.8) is 0 Å². The molecular formula is C11H17N3O3S. The maximum absolute atomic E-state index is 10.8. The van der Waals surface area contributed by atoms with E-state index < -0.39 is 6.09 Å². The van der Waals surface area contributed by atoms with E-state index in [2.05, 4.69) is 10.3 Å². The molecule has 1 aromatic rings. The molecule has 2 heterocycles. The Labute approximate surface area is 109 Å². The number of anilines is 1. The molecule has 0 unspecified atom stereocenters. The van der Waals surface area contributed by atoms with Crippen molar-refractivity contribution in [2.24, 2.45) is 0 Å². The number of hydrogen-bond donors (Lipinski definition) is 3. The van der Waals surface area contributed by atoms with E-state index in [1.165, 1.54) is 9.78 Å². The van der Waals surface area contributed by atoms with Crippen molar-refractivity contribution >= 4 is 22.6 Å². The van der Waals surface area contributed by atoms with Gasteiger partial charge in [-0.05, 0) is 18.8 Å². The van der Waals surface area contributed by atoms with Crippen molar-refractivity contribution in [3.8, 4) is 0 Å². The van der Waals surface area contributed by atoms with E-state index in [-0.39, 0.29) is 6.61 Å². The standard InChI is InChI=1S/C11H17N3O3S/c15-6-3-12-10-13-7-9(18-10)8-1-4-14(5-2-8)11(16)17/h7-8,15H,1-6H2,(H,12,13)(H,16,17). The van der Waals surface area contributed by atoms with E-state index in [1.54, 1.807) is 11.3 Å². The van der Waals surface area contributed by atoms with Crippen LogP contribution in [0.4, 0.5) is 9.93 Å². The predicted octanol–water partition coefficient (Wildman–Crippen LogP) is 1.40. The summed E-state index contributed by atoms with van der Waals surface area (Å²) in [6.45, 7) is 1.78.